The average Bonchev–Trinajstić information content (AvgIpc) is 2.45. The van der Waals surface area contributed by atoms with Crippen molar-refractivity contribution in [1.82, 2.24) is 10.3 Å². The molecule has 0 aliphatic rings. The van der Waals surface area contributed by atoms with Crippen LogP contribution in [0.5, 0.6) is 0 Å². The van der Waals surface area contributed by atoms with Gasteiger partial charge in [-0.15, -0.1) is 0 Å². The van der Waals surface area contributed by atoms with E-state index in [0.717, 1.165) is 16.5 Å². The Labute approximate surface area is 112 Å². The molecule has 0 saturated heterocycles. The summed E-state index contributed by atoms with van der Waals surface area (Å²) in [7, 11) is 1.60. The van der Waals surface area contributed by atoms with Crippen LogP contribution in [0.1, 0.15) is 5.56 Å². The van der Waals surface area contributed by atoms with Crippen molar-refractivity contribution < 1.29 is 9.53 Å². The molecule has 0 spiro atoms. The Hall–Kier alpha value is -2.20. The van der Waals surface area contributed by atoms with Crippen LogP contribution in [0.25, 0.3) is 17.0 Å². The number of nitrogens with zero attached hydrogens (tertiary/aromatic N) is 1. The predicted molar refractivity (Wildman–Crippen MR) is 75.7 cm³/mol. The second-order valence-electron chi connectivity index (χ2n) is 4.04. The Morgan fingerprint density at radius 1 is 1.37 bits per heavy atom. The predicted octanol–water partition coefficient (Wildman–Crippen LogP) is 2.01. The maximum Gasteiger partial charge on any atom is 0.244 e. The van der Waals surface area contributed by atoms with Crippen LogP contribution in [0.3, 0.4) is 0 Å². The number of pyridine rings is 1. The van der Waals surface area contributed by atoms with E-state index in [1.165, 1.54) is 6.08 Å². The zero-order chi connectivity index (χ0) is 13.5. The maximum absolute atomic E-state index is 11.6. The SMILES string of the molecule is COCCNC(=O)C=Cc1cccc2cccnc12. The second-order valence-corrected chi connectivity index (χ2v) is 4.04. The number of hydrogen-bond donors (Lipinski definition) is 1. The van der Waals surface area contributed by atoms with Crippen molar-refractivity contribution in [2.75, 3.05) is 20.3 Å². The van der Waals surface area contributed by atoms with Gasteiger partial charge in [0.1, 0.15) is 0 Å². The van der Waals surface area contributed by atoms with Crippen LogP contribution in [0.2, 0.25) is 0 Å². The number of benzene rings is 1. The van der Waals surface area contributed by atoms with Crippen molar-refractivity contribution in [2.24, 2.45) is 0 Å². The van der Waals surface area contributed by atoms with Gasteiger partial charge >= 0.3 is 0 Å². The number of para-hydroxylation sites is 1. The smallest absolute Gasteiger partial charge is 0.244 e. The first-order valence-electron chi connectivity index (χ1n) is 6.10. The molecule has 0 saturated carbocycles. The number of nitrogens with one attached hydrogen (secondary N) is 1. The number of amides is 1. The molecule has 0 radical (unpaired) electrons. The third-order valence-electron chi connectivity index (χ3n) is 2.68. The summed E-state index contributed by atoms with van der Waals surface area (Å²) in [5, 5.41) is 3.79. The molecule has 4 heteroatoms. The van der Waals surface area contributed by atoms with Gasteiger partial charge in [0.05, 0.1) is 12.1 Å². The first-order valence-corrected chi connectivity index (χ1v) is 6.10. The van der Waals surface area contributed by atoms with Gasteiger partial charge in [0.25, 0.3) is 0 Å². The van der Waals surface area contributed by atoms with Gasteiger partial charge in [-0.05, 0) is 12.1 Å². The fourth-order valence-corrected chi connectivity index (χ4v) is 1.76. The van der Waals surface area contributed by atoms with Gasteiger partial charge < -0.3 is 10.1 Å². The zero-order valence-electron chi connectivity index (χ0n) is 10.8. The average molecular weight is 256 g/mol. The molecule has 1 N–H and O–H groups in total. The Kier molecular flexibility index (Phi) is 4.64. The number of methoxy groups -OCH3 is 1. The first kappa shape index (κ1) is 13.2. The van der Waals surface area contributed by atoms with Crippen molar-refractivity contribution in [1.29, 1.82) is 0 Å². The molecule has 1 amide bonds. The summed E-state index contributed by atoms with van der Waals surface area (Å²) in [6.45, 7) is 1.02. The molecule has 2 aromatic rings. The monoisotopic (exact) mass is 256 g/mol. The molecule has 0 atom stereocenters. The lowest BCUT2D eigenvalue weighted by Gasteiger charge is -2.02. The third-order valence-corrected chi connectivity index (χ3v) is 2.68. The second kappa shape index (κ2) is 6.66. The molecule has 0 aliphatic heterocycles. The van der Waals surface area contributed by atoms with Gasteiger partial charge in [0, 0.05) is 36.9 Å². The fraction of sp³-hybridized carbons (Fsp3) is 0.200. The molecule has 1 aromatic heterocycles. The zero-order valence-corrected chi connectivity index (χ0v) is 10.8. The highest BCUT2D eigenvalue weighted by Crippen LogP contribution is 2.16. The number of aromatic nitrogens is 1. The molecule has 19 heavy (non-hydrogen) atoms. The number of ether oxygens (including phenoxy) is 1. The quantitative estimate of drug-likeness (QED) is 0.657. The minimum atomic E-state index is -0.134. The summed E-state index contributed by atoms with van der Waals surface area (Å²) >= 11 is 0. The van der Waals surface area contributed by atoms with Gasteiger partial charge in [-0.2, -0.15) is 0 Å². The van der Waals surface area contributed by atoms with Crippen molar-refractivity contribution in [3.05, 3.63) is 48.2 Å². The van der Waals surface area contributed by atoms with E-state index in [1.807, 2.05) is 30.3 Å². The molecule has 0 unspecified atom stereocenters. The normalized spacial score (nSPS) is 11.0. The molecule has 0 bridgehead atoms. The fourth-order valence-electron chi connectivity index (χ4n) is 1.76. The summed E-state index contributed by atoms with van der Waals surface area (Å²) in [5.41, 5.74) is 1.82. The molecule has 0 fully saturated rings. The van der Waals surface area contributed by atoms with Gasteiger partial charge in [0.2, 0.25) is 5.91 Å². The van der Waals surface area contributed by atoms with Crippen LogP contribution >= 0.6 is 0 Å². The lowest BCUT2D eigenvalue weighted by Crippen LogP contribution is -2.24. The van der Waals surface area contributed by atoms with E-state index in [4.69, 9.17) is 4.74 Å². The Morgan fingerprint density at radius 2 is 2.21 bits per heavy atom. The first-order chi connectivity index (χ1) is 9.31. The van der Waals surface area contributed by atoms with Crippen LogP contribution in [0.15, 0.2) is 42.6 Å². The summed E-state index contributed by atoms with van der Waals surface area (Å²) in [4.78, 5) is 15.9. The van der Waals surface area contributed by atoms with E-state index in [0.29, 0.717) is 13.2 Å². The van der Waals surface area contributed by atoms with Gasteiger partial charge in [-0.1, -0.05) is 24.3 Å². The highest BCUT2D eigenvalue weighted by atomic mass is 16.5. The molecule has 2 rings (SSSR count). The van der Waals surface area contributed by atoms with Gasteiger partial charge in [0.15, 0.2) is 0 Å². The number of rotatable bonds is 5. The van der Waals surface area contributed by atoms with Gasteiger partial charge in [-0.3, -0.25) is 9.78 Å². The molecule has 0 aliphatic carbocycles. The van der Waals surface area contributed by atoms with Crippen molar-refractivity contribution in [3.8, 4) is 0 Å². The Morgan fingerprint density at radius 3 is 3.05 bits per heavy atom. The van der Waals surface area contributed by atoms with E-state index in [2.05, 4.69) is 10.3 Å². The highest BCUT2D eigenvalue weighted by molar-refractivity contribution is 5.95. The Bertz CT molecular complexity index is 588. The third kappa shape index (κ3) is 3.63. The van der Waals surface area contributed by atoms with E-state index in [9.17, 15) is 4.79 Å². The lowest BCUT2D eigenvalue weighted by atomic mass is 10.1. The minimum Gasteiger partial charge on any atom is -0.383 e. The van der Waals surface area contributed by atoms with E-state index in [-0.39, 0.29) is 5.91 Å². The molecule has 1 heterocycles. The molecular formula is C15H16N2O2. The highest BCUT2D eigenvalue weighted by Gasteiger charge is 1.99. The number of carbonyl (C=O) groups is 1. The van der Waals surface area contributed by atoms with E-state index in [1.54, 1.807) is 19.4 Å². The summed E-state index contributed by atoms with van der Waals surface area (Å²) in [6.07, 6.45) is 5.04. The van der Waals surface area contributed by atoms with E-state index >= 15 is 0 Å². The van der Waals surface area contributed by atoms with Crippen LogP contribution in [-0.4, -0.2) is 31.2 Å². The van der Waals surface area contributed by atoms with E-state index < -0.39 is 0 Å². The van der Waals surface area contributed by atoms with Crippen LogP contribution < -0.4 is 5.32 Å². The molecular weight excluding hydrogens is 240 g/mol. The lowest BCUT2D eigenvalue weighted by molar-refractivity contribution is -0.116. The van der Waals surface area contributed by atoms with Crippen molar-refractivity contribution >= 4 is 22.9 Å². The summed E-state index contributed by atoms with van der Waals surface area (Å²) < 4.78 is 4.86. The standard InChI is InChI=1S/C15H16N2O2/c1-19-11-10-16-14(18)8-7-13-5-2-4-12-6-3-9-17-15(12)13/h2-9H,10-11H2,1H3,(H,16,18). The molecule has 1 aromatic carbocycles. The largest absolute Gasteiger partial charge is 0.383 e. The Balaban J connectivity index is 2.10. The summed E-state index contributed by atoms with van der Waals surface area (Å²) in [5.74, 6) is -0.134. The van der Waals surface area contributed by atoms with Crippen LogP contribution in [0.4, 0.5) is 0 Å². The maximum atomic E-state index is 11.6. The number of fused-ring (bicyclic) bond motifs is 1. The molecule has 98 valence electrons. The van der Waals surface area contributed by atoms with Crippen LogP contribution in [0, 0.1) is 0 Å². The van der Waals surface area contributed by atoms with Crippen LogP contribution in [-0.2, 0) is 9.53 Å². The van der Waals surface area contributed by atoms with Crippen molar-refractivity contribution in [2.45, 2.75) is 0 Å². The minimum absolute atomic E-state index is 0.134. The number of hydrogen-bond acceptors (Lipinski definition) is 3. The van der Waals surface area contributed by atoms with Gasteiger partial charge in [-0.25, -0.2) is 0 Å². The van der Waals surface area contributed by atoms with Crippen molar-refractivity contribution in [3.63, 3.8) is 0 Å². The molecule has 4 nitrogen and oxygen atoms in total. The number of carbonyl (C=O) groups excluding carboxylic acids is 1. The topological polar surface area (TPSA) is 51.2 Å². The summed E-state index contributed by atoms with van der Waals surface area (Å²) in [6, 6.07) is 9.78.